The topological polar surface area (TPSA) is 71.5 Å². The molecule has 7 heteroatoms. The van der Waals surface area contributed by atoms with Crippen LogP contribution in [0.1, 0.15) is 20.7 Å². The van der Waals surface area contributed by atoms with Gasteiger partial charge in [-0.15, -0.1) is 0 Å². The van der Waals surface area contributed by atoms with Crippen LogP contribution in [0.25, 0.3) is 0 Å². The summed E-state index contributed by atoms with van der Waals surface area (Å²) >= 11 is 3.06. The monoisotopic (exact) mass is 379 g/mol. The Labute approximate surface area is 135 Å². The molecule has 0 fully saturated rings. The molecule has 1 aliphatic heterocycles. The molecule has 2 aromatic rings. The summed E-state index contributed by atoms with van der Waals surface area (Å²) in [7, 11) is -4.03. The maximum absolute atomic E-state index is 12.5. The van der Waals surface area contributed by atoms with Crippen molar-refractivity contribution in [2.75, 3.05) is 0 Å². The number of carbonyl (C=O) groups excluding carboxylic acids is 2. The van der Waals surface area contributed by atoms with Crippen molar-refractivity contribution in [2.45, 2.75) is 9.85 Å². The van der Waals surface area contributed by atoms with Crippen molar-refractivity contribution in [3.8, 4) is 0 Å². The molecule has 1 unspecified atom stereocenters. The van der Waals surface area contributed by atoms with Gasteiger partial charge in [0, 0.05) is 5.56 Å². The minimum Gasteiger partial charge on any atom is -0.291 e. The molecule has 1 atom stereocenters. The zero-order valence-electron chi connectivity index (χ0n) is 11.1. The number of nitrogens with zero attached hydrogens (tertiary/aromatic N) is 1. The molecule has 0 aromatic heterocycles. The van der Waals surface area contributed by atoms with Gasteiger partial charge in [0.05, 0.1) is 5.56 Å². The number of benzene rings is 2. The molecular weight excluding hydrogens is 370 g/mol. The van der Waals surface area contributed by atoms with Gasteiger partial charge in [0.15, 0.2) is 10.7 Å². The third kappa shape index (κ3) is 2.17. The van der Waals surface area contributed by atoms with Gasteiger partial charge in [-0.3, -0.25) is 9.59 Å². The third-order valence-corrected chi connectivity index (χ3v) is 6.24. The molecule has 0 saturated carbocycles. The normalized spacial score (nSPS) is 17.1. The third-order valence-electron chi connectivity index (χ3n) is 3.34. The van der Waals surface area contributed by atoms with Gasteiger partial charge in [0.25, 0.3) is 15.9 Å². The summed E-state index contributed by atoms with van der Waals surface area (Å²) in [6.07, 6.45) is 0. The van der Waals surface area contributed by atoms with Crippen LogP contribution in [0.15, 0.2) is 59.5 Å². The lowest BCUT2D eigenvalue weighted by Gasteiger charge is -2.20. The van der Waals surface area contributed by atoms with E-state index in [-0.39, 0.29) is 10.5 Å². The summed E-state index contributed by atoms with van der Waals surface area (Å²) in [5.74, 6) is -1.20. The largest absolute Gasteiger partial charge is 0.291 e. The van der Waals surface area contributed by atoms with E-state index in [1.165, 1.54) is 18.2 Å². The maximum Gasteiger partial charge on any atom is 0.270 e. The van der Waals surface area contributed by atoms with Crippen molar-refractivity contribution in [1.82, 2.24) is 4.31 Å². The molecule has 22 heavy (non-hydrogen) atoms. The van der Waals surface area contributed by atoms with Gasteiger partial charge < -0.3 is 0 Å². The minimum absolute atomic E-state index is 0.0767. The number of carbonyl (C=O) groups is 2. The van der Waals surface area contributed by atoms with E-state index < -0.39 is 26.7 Å². The molecule has 0 spiro atoms. The van der Waals surface area contributed by atoms with Crippen molar-refractivity contribution < 1.29 is 18.0 Å². The molecule has 0 bridgehead atoms. The number of halogens is 1. The second-order valence-corrected chi connectivity index (χ2v) is 7.32. The summed E-state index contributed by atoms with van der Waals surface area (Å²) in [5.41, 5.74) is 0.399. The average molecular weight is 380 g/mol. The Morgan fingerprint density at radius 1 is 1.00 bits per heavy atom. The first-order chi connectivity index (χ1) is 10.4. The van der Waals surface area contributed by atoms with E-state index in [0.29, 0.717) is 9.87 Å². The lowest BCUT2D eigenvalue weighted by Crippen LogP contribution is -2.41. The van der Waals surface area contributed by atoms with Gasteiger partial charge in [-0.25, -0.2) is 12.7 Å². The Bertz CT molecular complexity index is 864. The number of sulfonamides is 1. The van der Waals surface area contributed by atoms with E-state index in [2.05, 4.69) is 15.9 Å². The number of alkyl halides is 1. The van der Waals surface area contributed by atoms with Crippen LogP contribution >= 0.6 is 15.9 Å². The Hall–Kier alpha value is -1.99. The van der Waals surface area contributed by atoms with Gasteiger partial charge >= 0.3 is 0 Å². The van der Waals surface area contributed by atoms with Crippen molar-refractivity contribution in [2.24, 2.45) is 0 Å². The number of Topliss-reactive ketones (excluding diaryl/α,β-unsaturated/α-hetero) is 1. The van der Waals surface area contributed by atoms with Crippen LogP contribution in [-0.4, -0.2) is 29.4 Å². The van der Waals surface area contributed by atoms with Crippen LogP contribution < -0.4 is 0 Å². The van der Waals surface area contributed by atoms with Crippen molar-refractivity contribution in [1.29, 1.82) is 0 Å². The van der Waals surface area contributed by atoms with Gasteiger partial charge in [-0.1, -0.05) is 58.4 Å². The first-order valence-electron chi connectivity index (χ1n) is 6.36. The molecule has 0 aliphatic carbocycles. The van der Waals surface area contributed by atoms with E-state index in [9.17, 15) is 18.0 Å². The Kier molecular flexibility index (Phi) is 3.62. The Balaban J connectivity index is 2.03. The van der Waals surface area contributed by atoms with Crippen LogP contribution in [-0.2, 0) is 10.0 Å². The quantitative estimate of drug-likeness (QED) is 0.466. The zero-order chi connectivity index (χ0) is 15.9. The highest BCUT2D eigenvalue weighted by Gasteiger charge is 2.46. The minimum atomic E-state index is -4.03. The number of hydrogen-bond donors (Lipinski definition) is 0. The van der Waals surface area contributed by atoms with E-state index in [1.54, 1.807) is 36.4 Å². The molecule has 1 amide bonds. The molecule has 2 aromatic carbocycles. The molecule has 5 nitrogen and oxygen atoms in total. The molecule has 0 N–H and O–H groups in total. The van der Waals surface area contributed by atoms with E-state index in [4.69, 9.17) is 0 Å². The second-order valence-electron chi connectivity index (χ2n) is 4.67. The van der Waals surface area contributed by atoms with Gasteiger partial charge in [-0.05, 0) is 12.1 Å². The number of fused-ring (bicyclic) bond motifs is 1. The van der Waals surface area contributed by atoms with Gasteiger partial charge in [-0.2, -0.15) is 0 Å². The number of amides is 1. The first kappa shape index (κ1) is 14.9. The lowest BCUT2D eigenvalue weighted by atomic mass is 10.1. The zero-order valence-corrected chi connectivity index (χ0v) is 13.5. The summed E-state index contributed by atoms with van der Waals surface area (Å²) in [6.45, 7) is 0. The fourth-order valence-electron chi connectivity index (χ4n) is 2.27. The van der Waals surface area contributed by atoms with E-state index >= 15 is 0 Å². The standard InChI is InChI=1S/C15H10BrNO4S/c16-14(13(18)10-6-2-1-3-7-10)17-15(19)11-8-4-5-9-12(11)22(17,20)21/h1-9,14H. The maximum atomic E-state index is 12.5. The summed E-state index contributed by atoms with van der Waals surface area (Å²) < 4.78 is 25.6. The van der Waals surface area contributed by atoms with E-state index in [0.717, 1.165) is 0 Å². The molecule has 1 aliphatic rings. The predicted molar refractivity (Wildman–Crippen MR) is 83.3 cm³/mol. The lowest BCUT2D eigenvalue weighted by molar-refractivity contribution is 0.0806. The Morgan fingerprint density at radius 2 is 1.59 bits per heavy atom. The van der Waals surface area contributed by atoms with Crippen molar-refractivity contribution in [3.05, 3.63) is 65.7 Å². The highest BCUT2D eigenvalue weighted by atomic mass is 79.9. The predicted octanol–water partition coefficient (Wildman–Crippen LogP) is 2.44. The molecular formula is C15H10BrNO4S. The highest BCUT2D eigenvalue weighted by Crippen LogP contribution is 2.34. The number of rotatable bonds is 3. The molecule has 0 saturated heterocycles. The van der Waals surface area contributed by atoms with Gasteiger partial charge in [0.2, 0.25) is 0 Å². The van der Waals surface area contributed by atoms with E-state index in [1.807, 2.05) is 0 Å². The summed E-state index contributed by atoms with van der Waals surface area (Å²) in [6, 6.07) is 14.1. The molecule has 3 rings (SSSR count). The van der Waals surface area contributed by atoms with Crippen LogP contribution in [0.4, 0.5) is 0 Å². The SMILES string of the molecule is O=C(c1ccccc1)C(Br)N1C(=O)c2ccccc2S1(=O)=O. The highest BCUT2D eigenvalue weighted by molar-refractivity contribution is 9.10. The summed E-state index contributed by atoms with van der Waals surface area (Å²) in [5, 5.41) is 0. The smallest absolute Gasteiger partial charge is 0.270 e. The molecule has 1 heterocycles. The van der Waals surface area contributed by atoms with Gasteiger partial charge in [0.1, 0.15) is 4.90 Å². The fraction of sp³-hybridized carbons (Fsp3) is 0.0667. The average Bonchev–Trinajstić information content (AvgIpc) is 2.74. The van der Waals surface area contributed by atoms with Crippen LogP contribution in [0.5, 0.6) is 0 Å². The summed E-state index contributed by atoms with van der Waals surface area (Å²) in [4.78, 5) is 23.4. The second kappa shape index (κ2) is 5.33. The fourth-order valence-corrected chi connectivity index (χ4v) is 4.94. The van der Waals surface area contributed by atoms with Crippen molar-refractivity contribution >= 4 is 37.6 Å². The molecule has 0 radical (unpaired) electrons. The van der Waals surface area contributed by atoms with Crippen LogP contribution in [0.2, 0.25) is 0 Å². The number of hydrogen-bond acceptors (Lipinski definition) is 4. The van der Waals surface area contributed by atoms with Crippen LogP contribution in [0.3, 0.4) is 0 Å². The Morgan fingerprint density at radius 3 is 2.23 bits per heavy atom. The molecule has 112 valence electrons. The van der Waals surface area contributed by atoms with Crippen molar-refractivity contribution in [3.63, 3.8) is 0 Å². The first-order valence-corrected chi connectivity index (χ1v) is 8.71. The van der Waals surface area contributed by atoms with Crippen LogP contribution in [0, 0.1) is 0 Å². The number of ketones is 1.